The van der Waals surface area contributed by atoms with E-state index in [9.17, 15) is 14.4 Å². The van der Waals surface area contributed by atoms with Crippen molar-refractivity contribution in [2.75, 3.05) is 23.8 Å². The summed E-state index contributed by atoms with van der Waals surface area (Å²) in [5, 5.41) is 4.82. The van der Waals surface area contributed by atoms with E-state index in [2.05, 4.69) is 9.69 Å². The predicted molar refractivity (Wildman–Crippen MR) is 137 cm³/mol. The Labute approximate surface area is 211 Å². The Morgan fingerprint density at radius 1 is 1.29 bits per heavy atom. The zero-order chi connectivity index (χ0) is 25.1. The first-order valence-corrected chi connectivity index (χ1v) is 12.8. The molecule has 0 bridgehead atoms. The minimum Gasteiger partial charge on any atom is -0.395 e. The molecule has 184 valence electrons. The number of nitrogens with one attached hydrogen (secondary N) is 1. The van der Waals surface area contributed by atoms with Gasteiger partial charge in [-0.3, -0.25) is 19.3 Å². The second kappa shape index (κ2) is 10.5. The van der Waals surface area contributed by atoms with Crippen LogP contribution in [0.3, 0.4) is 0 Å². The van der Waals surface area contributed by atoms with Crippen LogP contribution in [0.4, 0.5) is 11.4 Å². The largest absolute Gasteiger partial charge is 0.395 e. The highest BCUT2D eigenvalue weighted by atomic mass is 32.1. The van der Waals surface area contributed by atoms with E-state index < -0.39 is 17.9 Å². The second-order valence-electron chi connectivity index (χ2n) is 8.40. The highest BCUT2D eigenvalue weighted by Crippen LogP contribution is 2.36. The number of amides is 3. The smallest absolute Gasteiger partial charge is 0.273 e. The first-order chi connectivity index (χ1) is 16.8. The number of nitrogen functional groups attached to an aromatic ring is 1. The molecule has 5 N–H and O–H groups in total. The first-order valence-electron chi connectivity index (χ1n) is 11.2. The van der Waals surface area contributed by atoms with Gasteiger partial charge in [0.1, 0.15) is 4.88 Å². The van der Waals surface area contributed by atoms with Crippen molar-refractivity contribution in [1.82, 2.24) is 9.69 Å². The number of aromatic nitrogens is 1. The Morgan fingerprint density at radius 2 is 2.09 bits per heavy atom. The molecule has 3 aromatic rings. The number of primary amides is 1. The Hall–Kier alpha value is -3.28. The van der Waals surface area contributed by atoms with Crippen LogP contribution < -0.4 is 21.7 Å². The van der Waals surface area contributed by atoms with Gasteiger partial charge in [0.05, 0.1) is 11.8 Å². The van der Waals surface area contributed by atoms with E-state index in [1.807, 2.05) is 49.6 Å². The molecule has 9 nitrogen and oxygen atoms in total. The second-order valence-corrected chi connectivity index (χ2v) is 10.2. The lowest BCUT2D eigenvalue weighted by Gasteiger charge is -2.32. The highest BCUT2D eigenvalue weighted by molar-refractivity contribution is 7.10. The maximum absolute atomic E-state index is 14.0. The predicted octanol–water partition coefficient (Wildman–Crippen LogP) is 3.19. The van der Waals surface area contributed by atoms with E-state index in [-0.39, 0.29) is 28.3 Å². The van der Waals surface area contributed by atoms with Crippen LogP contribution in [-0.2, 0) is 9.53 Å². The molecule has 0 unspecified atom stereocenters. The molecule has 1 aromatic carbocycles. The third-order valence-electron chi connectivity index (χ3n) is 5.83. The molecule has 4 rings (SSSR count). The number of anilines is 2. The van der Waals surface area contributed by atoms with Crippen LogP contribution in [-0.4, -0.2) is 41.4 Å². The van der Waals surface area contributed by atoms with E-state index >= 15 is 0 Å². The molecule has 1 fully saturated rings. The summed E-state index contributed by atoms with van der Waals surface area (Å²) in [5.74, 6) is -1.69. The van der Waals surface area contributed by atoms with Crippen molar-refractivity contribution in [3.05, 3.63) is 62.3 Å². The van der Waals surface area contributed by atoms with Crippen molar-refractivity contribution in [2.45, 2.75) is 38.8 Å². The number of carbonyl (C=O) groups is 3. The summed E-state index contributed by atoms with van der Waals surface area (Å²) in [5.41, 5.74) is 13.6. The van der Waals surface area contributed by atoms with Gasteiger partial charge in [-0.1, -0.05) is 23.8 Å². The van der Waals surface area contributed by atoms with Gasteiger partial charge in [-0.25, -0.2) is 0 Å². The van der Waals surface area contributed by atoms with Crippen LogP contribution in [0.2, 0.25) is 0 Å². The molecule has 0 saturated carbocycles. The average molecular weight is 514 g/mol. The number of carbonyl (C=O) groups excluding carboxylic acids is 3. The molecule has 3 heterocycles. The summed E-state index contributed by atoms with van der Waals surface area (Å²) in [6.07, 6.45) is 1.77. The van der Waals surface area contributed by atoms with Gasteiger partial charge >= 0.3 is 0 Å². The lowest BCUT2D eigenvalue weighted by molar-refractivity contribution is -0.122. The number of nitrogens with two attached hydrogens (primary N) is 2. The monoisotopic (exact) mass is 513 g/mol. The highest BCUT2D eigenvalue weighted by Gasteiger charge is 2.37. The molecule has 1 saturated heterocycles. The van der Waals surface area contributed by atoms with Crippen molar-refractivity contribution in [2.24, 2.45) is 5.73 Å². The van der Waals surface area contributed by atoms with Crippen molar-refractivity contribution in [3.63, 3.8) is 0 Å². The quantitative estimate of drug-likeness (QED) is 0.422. The number of benzene rings is 1. The molecular formula is C24H27N5O4S2. The number of nitrogens with zero attached hydrogens (tertiary/aromatic N) is 2. The fourth-order valence-corrected chi connectivity index (χ4v) is 5.67. The minimum absolute atomic E-state index is 0.0484. The van der Waals surface area contributed by atoms with Gasteiger partial charge in [0, 0.05) is 23.7 Å². The maximum Gasteiger partial charge on any atom is 0.273 e. The Kier molecular flexibility index (Phi) is 7.48. The SMILES string of the molecule is Cc1ccc(N(C(=O)c2snc(C(N)=O)c2N)[C@@H](C(=O)NC[C@H]2CCCO2)c2cccs2)c(C)c1. The lowest BCUT2D eigenvalue weighted by Crippen LogP contribution is -2.45. The van der Waals surface area contributed by atoms with Crippen LogP contribution in [0.25, 0.3) is 0 Å². The molecule has 0 spiro atoms. The Morgan fingerprint density at radius 3 is 2.69 bits per heavy atom. The fraction of sp³-hybridized carbons (Fsp3) is 0.333. The molecule has 1 aliphatic heterocycles. The van der Waals surface area contributed by atoms with Crippen molar-refractivity contribution in [1.29, 1.82) is 0 Å². The third-order valence-corrected chi connectivity index (χ3v) is 7.61. The van der Waals surface area contributed by atoms with Gasteiger partial charge in [-0.05, 0) is 61.3 Å². The van der Waals surface area contributed by atoms with Crippen LogP contribution in [0.5, 0.6) is 0 Å². The molecule has 0 aliphatic carbocycles. The van der Waals surface area contributed by atoms with Gasteiger partial charge in [0.25, 0.3) is 11.8 Å². The zero-order valence-electron chi connectivity index (χ0n) is 19.4. The van der Waals surface area contributed by atoms with Crippen LogP contribution >= 0.6 is 22.9 Å². The molecule has 11 heteroatoms. The van der Waals surface area contributed by atoms with Crippen molar-refractivity contribution in [3.8, 4) is 0 Å². The minimum atomic E-state index is -0.969. The summed E-state index contributed by atoms with van der Waals surface area (Å²) in [4.78, 5) is 41.5. The van der Waals surface area contributed by atoms with E-state index in [0.29, 0.717) is 23.7 Å². The van der Waals surface area contributed by atoms with Gasteiger partial charge in [0.2, 0.25) is 5.91 Å². The number of hydrogen-bond acceptors (Lipinski definition) is 8. The molecule has 35 heavy (non-hydrogen) atoms. The van der Waals surface area contributed by atoms with E-state index in [4.69, 9.17) is 16.2 Å². The topological polar surface area (TPSA) is 141 Å². The summed E-state index contributed by atoms with van der Waals surface area (Å²) in [6.45, 7) is 4.86. The molecule has 1 aliphatic rings. The normalized spacial score (nSPS) is 16.1. The number of aryl methyl sites for hydroxylation is 2. The van der Waals surface area contributed by atoms with E-state index in [1.165, 1.54) is 16.2 Å². The molecule has 2 aromatic heterocycles. The Balaban J connectivity index is 1.79. The zero-order valence-corrected chi connectivity index (χ0v) is 21.1. The van der Waals surface area contributed by atoms with Crippen LogP contribution in [0.1, 0.15) is 55.0 Å². The Bertz CT molecular complexity index is 1230. The number of ether oxygens (including phenoxy) is 1. The molecule has 2 atom stereocenters. The number of thiophene rings is 1. The van der Waals surface area contributed by atoms with Gasteiger partial charge < -0.3 is 21.5 Å². The lowest BCUT2D eigenvalue weighted by atomic mass is 10.1. The first kappa shape index (κ1) is 24.8. The summed E-state index contributed by atoms with van der Waals surface area (Å²) in [6, 6.07) is 8.30. The number of hydrogen-bond donors (Lipinski definition) is 3. The molecular weight excluding hydrogens is 486 g/mol. The maximum atomic E-state index is 14.0. The molecule has 3 amide bonds. The average Bonchev–Trinajstić information content (AvgIpc) is 3.58. The fourth-order valence-electron chi connectivity index (χ4n) is 4.12. The van der Waals surface area contributed by atoms with Crippen LogP contribution in [0.15, 0.2) is 35.7 Å². The van der Waals surface area contributed by atoms with Crippen molar-refractivity contribution >= 4 is 52.0 Å². The van der Waals surface area contributed by atoms with E-state index in [0.717, 1.165) is 35.5 Å². The van der Waals surface area contributed by atoms with Gasteiger partial charge in [0.15, 0.2) is 11.7 Å². The summed E-state index contributed by atoms with van der Waals surface area (Å²) in [7, 11) is 0. The van der Waals surface area contributed by atoms with Gasteiger partial charge in [-0.15, -0.1) is 11.3 Å². The standard InChI is InChI=1S/C24H27N5O4S2/c1-13-7-8-16(14(2)11-13)29(24(32)21-18(25)19(22(26)30)28-35-21)20(17-6-4-10-34-17)23(31)27-12-15-5-3-9-33-15/h4,6-8,10-11,15,20H,3,5,9,12,25H2,1-2H3,(H2,26,30)(H,27,31)/t15-,20-/m1/s1. The molecule has 0 radical (unpaired) electrons. The van der Waals surface area contributed by atoms with Crippen LogP contribution in [0, 0.1) is 13.8 Å². The van der Waals surface area contributed by atoms with E-state index in [1.54, 1.807) is 0 Å². The summed E-state index contributed by atoms with van der Waals surface area (Å²) < 4.78 is 9.63. The van der Waals surface area contributed by atoms with Crippen molar-refractivity contribution < 1.29 is 19.1 Å². The summed E-state index contributed by atoms with van der Waals surface area (Å²) >= 11 is 2.16. The number of rotatable bonds is 8. The third kappa shape index (κ3) is 5.21. The van der Waals surface area contributed by atoms with Gasteiger partial charge in [-0.2, -0.15) is 4.37 Å².